The first-order chi connectivity index (χ1) is 13.0. The Morgan fingerprint density at radius 2 is 1.74 bits per heavy atom. The van der Waals surface area contributed by atoms with Crippen molar-refractivity contribution in [2.24, 2.45) is 5.92 Å². The van der Waals surface area contributed by atoms with Crippen molar-refractivity contribution in [1.29, 1.82) is 0 Å². The van der Waals surface area contributed by atoms with E-state index in [9.17, 15) is 9.59 Å². The summed E-state index contributed by atoms with van der Waals surface area (Å²) in [5, 5.41) is 5.89. The number of benzene rings is 2. The molecule has 1 atom stereocenters. The number of ether oxygens (including phenoxy) is 1. The summed E-state index contributed by atoms with van der Waals surface area (Å²) in [6.45, 7) is 5.79. The zero-order valence-electron chi connectivity index (χ0n) is 16.0. The maximum atomic E-state index is 12.7. The van der Waals surface area contributed by atoms with Gasteiger partial charge in [-0.05, 0) is 68.5 Å². The molecule has 0 bridgehead atoms. The molecule has 1 fully saturated rings. The lowest BCUT2D eigenvalue weighted by Crippen LogP contribution is -2.32. The number of hydrogen-bond acceptors (Lipinski definition) is 3. The van der Waals surface area contributed by atoms with E-state index in [-0.39, 0.29) is 17.7 Å². The molecule has 0 spiro atoms. The molecule has 1 saturated carbocycles. The summed E-state index contributed by atoms with van der Waals surface area (Å²) in [6, 6.07) is 13.2. The largest absolute Gasteiger partial charge is 0.481 e. The molecule has 1 aliphatic carbocycles. The van der Waals surface area contributed by atoms with Gasteiger partial charge in [-0.15, -0.1) is 0 Å². The van der Waals surface area contributed by atoms with Gasteiger partial charge in [0.15, 0.2) is 6.10 Å². The molecule has 27 heavy (non-hydrogen) atoms. The minimum absolute atomic E-state index is 0.0517. The molecule has 0 aromatic heterocycles. The van der Waals surface area contributed by atoms with E-state index in [1.807, 2.05) is 63.2 Å². The van der Waals surface area contributed by atoms with E-state index in [2.05, 4.69) is 10.6 Å². The summed E-state index contributed by atoms with van der Waals surface area (Å²) in [6.07, 6.45) is 1.87. The summed E-state index contributed by atoms with van der Waals surface area (Å²) in [5.41, 5.74) is 3.33. The second-order valence-corrected chi connectivity index (χ2v) is 7.06. The smallest absolute Gasteiger partial charge is 0.265 e. The molecule has 2 N–H and O–H groups in total. The molecule has 0 heterocycles. The summed E-state index contributed by atoms with van der Waals surface area (Å²) in [4.78, 5) is 24.7. The van der Waals surface area contributed by atoms with Crippen LogP contribution in [0.5, 0.6) is 5.75 Å². The second kappa shape index (κ2) is 8.25. The molecule has 142 valence electrons. The third-order valence-corrected chi connectivity index (χ3v) is 4.73. The molecule has 1 aliphatic rings. The van der Waals surface area contributed by atoms with Gasteiger partial charge in [0.25, 0.3) is 5.91 Å². The van der Waals surface area contributed by atoms with Crippen LogP contribution in [0.25, 0.3) is 0 Å². The van der Waals surface area contributed by atoms with Gasteiger partial charge in [0.05, 0.1) is 0 Å². The van der Waals surface area contributed by atoms with E-state index in [1.54, 1.807) is 0 Å². The Morgan fingerprint density at radius 3 is 2.37 bits per heavy atom. The van der Waals surface area contributed by atoms with Crippen molar-refractivity contribution >= 4 is 23.2 Å². The minimum Gasteiger partial charge on any atom is -0.481 e. The first kappa shape index (κ1) is 19.0. The predicted octanol–water partition coefficient (Wildman–Crippen LogP) is 4.45. The van der Waals surface area contributed by atoms with Crippen molar-refractivity contribution in [2.75, 3.05) is 10.6 Å². The van der Waals surface area contributed by atoms with Crippen molar-refractivity contribution in [3.63, 3.8) is 0 Å². The number of carbonyl (C=O) groups is 2. The molecule has 5 heteroatoms. The van der Waals surface area contributed by atoms with Gasteiger partial charge in [0.2, 0.25) is 5.91 Å². The molecule has 0 aliphatic heterocycles. The zero-order valence-corrected chi connectivity index (χ0v) is 16.0. The maximum absolute atomic E-state index is 12.7. The Morgan fingerprint density at radius 1 is 1.07 bits per heavy atom. The van der Waals surface area contributed by atoms with Crippen LogP contribution < -0.4 is 15.4 Å². The molecule has 0 saturated heterocycles. The van der Waals surface area contributed by atoms with Crippen LogP contribution in [0.2, 0.25) is 0 Å². The van der Waals surface area contributed by atoms with E-state index in [1.165, 1.54) is 0 Å². The Kier molecular flexibility index (Phi) is 5.79. The van der Waals surface area contributed by atoms with Crippen LogP contribution in [0.15, 0.2) is 42.5 Å². The van der Waals surface area contributed by atoms with Gasteiger partial charge in [-0.3, -0.25) is 9.59 Å². The first-order valence-corrected chi connectivity index (χ1v) is 9.42. The lowest BCUT2D eigenvalue weighted by atomic mass is 10.1. The molecule has 3 rings (SSSR count). The van der Waals surface area contributed by atoms with E-state index < -0.39 is 6.10 Å². The number of rotatable bonds is 7. The normalized spacial score (nSPS) is 14.3. The Balaban J connectivity index is 1.69. The molecule has 0 radical (unpaired) electrons. The van der Waals surface area contributed by atoms with Crippen LogP contribution in [-0.2, 0) is 9.59 Å². The van der Waals surface area contributed by atoms with Crippen LogP contribution >= 0.6 is 0 Å². The monoisotopic (exact) mass is 366 g/mol. The van der Waals surface area contributed by atoms with Gasteiger partial charge in [-0.2, -0.15) is 0 Å². The van der Waals surface area contributed by atoms with Crippen LogP contribution in [0.3, 0.4) is 0 Å². The number of nitrogens with one attached hydrogen (secondary N) is 2. The SMILES string of the molecule is CCC(Oc1cccc(C)c1)C(=O)Nc1cccc(NC(=O)C2CC2)c1C. The third-order valence-electron chi connectivity index (χ3n) is 4.73. The van der Waals surface area contributed by atoms with Gasteiger partial charge in [0, 0.05) is 17.3 Å². The fraction of sp³-hybridized carbons (Fsp3) is 0.364. The summed E-state index contributed by atoms with van der Waals surface area (Å²) in [7, 11) is 0. The number of amides is 2. The zero-order chi connectivity index (χ0) is 19.4. The highest BCUT2D eigenvalue weighted by molar-refractivity contribution is 5.98. The third kappa shape index (κ3) is 4.88. The Bertz CT molecular complexity index is 843. The van der Waals surface area contributed by atoms with Crippen LogP contribution in [0.1, 0.15) is 37.3 Å². The van der Waals surface area contributed by atoms with E-state index in [0.717, 1.165) is 29.7 Å². The molecule has 5 nitrogen and oxygen atoms in total. The van der Waals surface area contributed by atoms with E-state index in [0.29, 0.717) is 17.9 Å². The number of aryl methyl sites for hydroxylation is 1. The topological polar surface area (TPSA) is 67.4 Å². The second-order valence-electron chi connectivity index (χ2n) is 7.06. The van der Waals surface area contributed by atoms with Gasteiger partial charge in [-0.1, -0.05) is 25.1 Å². The van der Waals surface area contributed by atoms with Crippen molar-refractivity contribution < 1.29 is 14.3 Å². The standard InChI is InChI=1S/C22H26N2O3/c1-4-20(27-17-8-5-7-14(2)13-17)22(26)24-19-10-6-9-18(15(19)3)23-21(25)16-11-12-16/h5-10,13,16,20H,4,11-12H2,1-3H3,(H,23,25)(H,24,26). The highest BCUT2D eigenvalue weighted by Crippen LogP contribution is 2.31. The van der Waals surface area contributed by atoms with Gasteiger partial charge < -0.3 is 15.4 Å². The molecule has 2 amide bonds. The molecule has 2 aromatic carbocycles. The summed E-state index contributed by atoms with van der Waals surface area (Å²) in [5.74, 6) is 0.664. The predicted molar refractivity (Wildman–Crippen MR) is 107 cm³/mol. The highest BCUT2D eigenvalue weighted by atomic mass is 16.5. The Labute approximate surface area is 160 Å². The Hall–Kier alpha value is -2.82. The van der Waals surface area contributed by atoms with Gasteiger partial charge in [-0.25, -0.2) is 0 Å². The maximum Gasteiger partial charge on any atom is 0.265 e. The van der Waals surface area contributed by atoms with Crippen LogP contribution in [0, 0.1) is 19.8 Å². The quantitative estimate of drug-likeness (QED) is 0.761. The molecular formula is C22H26N2O3. The molecular weight excluding hydrogens is 340 g/mol. The van der Waals surface area contributed by atoms with Crippen LogP contribution in [-0.4, -0.2) is 17.9 Å². The summed E-state index contributed by atoms with van der Waals surface area (Å²) >= 11 is 0. The number of carbonyl (C=O) groups excluding carboxylic acids is 2. The highest BCUT2D eigenvalue weighted by Gasteiger charge is 2.30. The summed E-state index contributed by atoms with van der Waals surface area (Å²) < 4.78 is 5.87. The molecule has 2 aromatic rings. The van der Waals surface area contributed by atoms with Crippen LogP contribution in [0.4, 0.5) is 11.4 Å². The average molecular weight is 366 g/mol. The van der Waals surface area contributed by atoms with Crippen molar-refractivity contribution in [3.05, 3.63) is 53.6 Å². The fourth-order valence-corrected chi connectivity index (χ4v) is 2.88. The van der Waals surface area contributed by atoms with Crippen molar-refractivity contribution in [3.8, 4) is 5.75 Å². The molecule has 1 unspecified atom stereocenters. The minimum atomic E-state index is -0.587. The average Bonchev–Trinajstić information content (AvgIpc) is 3.48. The van der Waals surface area contributed by atoms with Crippen molar-refractivity contribution in [2.45, 2.75) is 46.1 Å². The van der Waals surface area contributed by atoms with Crippen molar-refractivity contribution in [1.82, 2.24) is 0 Å². The van der Waals surface area contributed by atoms with E-state index >= 15 is 0 Å². The first-order valence-electron chi connectivity index (χ1n) is 9.42. The number of hydrogen-bond donors (Lipinski definition) is 2. The van der Waals surface area contributed by atoms with Gasteiger partial charge in [0.1, 0.15) is 5.75 Å². The fourth-order valence-electron chi connectivity index (χ4n) is 2.88. The lowest BCUT2D eigenvalue weighted by molar-refractivity contribution is -0.122. The van der Waals surface area contributed by atoms with Gasteiger partial charge >= 0.3 is 0 Å². The van der Waals surface area contributed by atoms with E-state index in [4.69, 9.17) is 4.74 Å². The lowest BCUT2D eigenvalue weighted by Gasteiger charge is -2.19. The number of anilines is 2.